The molecule has 1 aliphatic heterocycles. The van der Waals surface area contributed by atoms with Crippen LogP contribution >= 0.6 is 24.0 Å². The van der Waals surface area contributed by atoms with Gasteiger partial charge in [0.1, 0.15) is 5.75 Å². The molecule has 1 aromatic carbocycles. The molecule has 1 atom stereocenters. The van der Waals surface area contributed by atoms with Crippen molar-refractivity contribution in [2.75, 3.05) is 47.4 Å². The van der Waals surface area contributed by atoms with E-state index in [4.69, 9.17) is 4.74 Å². The number of nitrogens with one attached hydrogen (secondary N) is 1. The SMILES string of the molecule is CN=C(NCCN1CCCC(C)C1)N(C)Cc1ccccc1OC.I. The second-order valence-electron chi connectivity index (χ2n) is 6.69. The van der Waals surface area contributed by atoms with Gasteiger partial charge < -0.3 is 19.9 Å². The maximum Gasteiger partial charge on any atom is 0.193 e. The van der Waals surface area contributed by atoms with E-state index in [0.29, 0.717) is 0 Å². The summed E-state index contributed by atoms with van der Waals surface area (Å²) >= 11 is 0. The van der Waals surface area contributed by atoms with Crippen LogP contribution in [0.15, 0.2) is 29.3 Å². The van der Waals surface area contributed by atoms with Crippen LogP contribution < -0.4 is 10.1 Å². The van der Waals surface area contributed by atoms with Gasteiger partial charge in [-0.25, -0.2) is 0 Å². The molecular weight excluding hydrogens is 427 g/mol. The van der Waals surface area contributed by atoms with Crippen LogP contribution in [0.3, 0.4) is 0 Å². The summed E-state index contributed by atoms with van der Waals surface area (Å²) < 4.78 is 5.44. The van der Waals surface area contributed by atoms with Crippen molar-refractivity contribution in [2.24, 2.45) is 10.9 Å². The molecule has 0 spiro atoms. The lowest BCUT2D eigenvalue weighted by atomic mass is 10.0. The molecular formula is C19H33IN4O. The molecule has 0 aliphatic carbocycles. The zero-order valence-electron chi connectivity index (χ0n) is 16.0. The standard InChI is InChI=1S/C19H32N4O.HI/c1-16-8-7-12-23(14-16)13-11-21-19(20-2)22(3)15-17-9-5-6-10-18(17)24-4;/h5-6,9-10,16H,7-8,11-15H2,1-4H3,(H,20,21);1H. The Morgan fingerprint density at radius 2 is 2.16 bits per heavy atom. The summed E-state index contributed by atoms with van der Waals surface area (Å²) in [5.74, 6) is 2.67. The van der Waals surface area contributed by atoms with Crippen molar-refractivity contribution in [3.05, 3.63) is 29.8 Å². The van der Waals surface area contributed by atoms with Gasteiger partial charge in [-0.2, -0.15) is 0 Å². The number of guanidine groups is 1. The number of rotatable bonds is 6. The second kappa shape index (κ2) is 11.6. The van der Waals surface area contributed by atoms with Crippen molar-refractivity contribution in [1.29, 1.82) is 0 Å². The van der Waals surface area contributed by atoms with Gasteiger partial charge in [0.25, 0.3) is 0 Å². The third kappa shape index (κ3) is 7.01. The molecule has 0 bridgehead atoms. The van der Waals surface area contributed by atoms with E-state index in [1.54, 1.807) is 7.11 Å². The third-order valence-electron chi connectivity index (χ3n) is 4.63. The summed E-state index contributed by atoms with van der Waals surface area (Å²) in [6.07, 6.45) is 2.69. The number of nitrogens with zero attached hydrogens (tertiary/aromatic N) is 3. The largest absolute Gasteiger partial charge is 0.496 e. The van der Waals surface area contributed by atoms with Crippen molar-refractivity contribution in [3.8, 4) is 5.75 Å². The fraction of sp³-hybridized carbons (Fsp3) is 0.632. The molecule has 1 N–H and O–H groups in total. The Morgan fingerprint density at radius 1 is 1.40 bits per heavy atom. The monoisotopic (exact) mass is 460 g/mol. The fourth-order valence-electron chi connectivity index (χ4n) is 3.36. The molecule has 6 heteroatoms. The van der Waals surface area contributed by atoms with Gasteiger partial charge in [-0.15, -0.1) is 24.0 Å². The summed E-state index contributed by atoms with van der Waals surface area (Å²) in [7, 11) is 5.61. The van der Waals surface area contributed by atoms with Gasteiger partial charge in [0.2, 0.25) is 0 Å². The minimum atomic E-state index is 0. The predicted octanol–water partition coefficient (Wildman–Crippen LogP) is 3.05. The van der Waals surface area contributed by atoms with Gasteiger partial charge >= 0.3 is 0 Å². The molecule has 0 aromatic heterocycles. The Morgan fingerprint density at radius 3 is 2.84 bits per heavy atom. The highest BCUT2D eigenvalue weighted by atomic mass is 127. The Hall–Kier alpha value is -1.02. The molecule has 0 radical (unpaired) electrons. The topological polar surface area (TPSA) is 40.1 Å². The van der Waals surface area contributed by atoms with E-state index in [2.05, 4.69) is 40.1 Å². The number of likely N-dealkylation sites (tertiary alicyclic amines) is 1. The Kier molecular flexibility index (Phi) is 10.2. The first kappa shape index (κ1) is 22.0. The van der Waals surface area contributed by atoms with Crippen molar-refractivity contribution < 1.29 is 4.74 Å². The van der Waals surface area contributed by atoms with E-state index in [9.17, 15) is 0 Å². The molecule has 1 heterocycles. The number of hydrogen-bond acceptors (Lipinski definition) is 3. The normalized spacial score (nSPS) is 18.4. The fourth-order valence-corrected chi connectivity index (χ4v) is 3.36. The zero-order chi connectivity index (χ0) is 17.4. The molecule has 0 saturated carbocycles. The molecule has 5 nitrogen and oxygen atoms in total. The molecule has 2 rings (SSSR count). The van der Waals surface area contributed by atoms with Crippen molar-refractivity contribution in [3.63, 3.8) is 0 Å². The Balaban J connectivity index is 0.00000312. The summed E-state index contributed by atoms with van der Waals surface area (Å²) in [4.78, 5) is 9.10. The number of aliphatic imine (C=N–C) groups is 1. The van der Waals surface area contributed by atoms with E-state index in [0.717, 1.165) is 42.8 Å². The summed E-state index contributed by atoms with van der Waals surface area (Å²) in [6, 6.07) is 8.13. The summed E-state index contributed by atoms with van der Waals surface area (Å²) in [6.45, 7) is 7.56. The number of halogens is 1. The van der Waals surface area contributed by atoms with Gasteiger partial charge in [0, 0.05) is 45.8 Å². The van der Waals surface area contributed by atoms with E-state index in [-0.39, 0.29) is 24.0 Å². The second-order valence-corrected chi connectivity index (χ2v) is 6.69. The van der Waals surface area contributed by atoms with Gasteiger partial charge in [0.05, 0.1) is 7.11 Å². The van der Waals surface area contributed by atoms with Crippen LogP contribution in [0, 0.1) is 5.92 Å². The molecule has 1 saturated heterocycles. The van der Waals surface area contributed by atoms with Gasteiger partial charge in [-0.1, -0.05) is 25.1 Å². The Bertz CT molecular complexity index is 538. The lowest BCUT2D eigenvalue weighted by Gasteiger charge is -2.31. The number of ether oxygens (including phenoxy) is 1. The molecule has 0 amide bonds. The lowest BCUT2D eigenvalue weighted by molar-refractivity contribution is 0.186. The zero-order valence-corrected chi connectivity index (χ0v) is 18.3. The minimum Gasteiger partial charge on any atom is -0.496 e. The van der Waals surface area contributed by atoms with Crippen LogP contribution in [0.4, 0.5) is 0 Å². The van der Waals surface area contributed by atoms with E-state index < -0.39 is 0 Å². The number of methoxy groups -OCH3 is 1. The molecule has 25 heavy (non-hydrogen) atoms. The lowest BCUT2D eigenvalue weighted by Crippen LogP contribution is -2.44. The van der Waals surface area contributed by atoms with Gasteiger partial charge in [-0.3, -0.25) is 4.99 Å². The van der Waals surface area contributed by atoms with Crippen LogP contribution in [-0.4, -0.2) is 63.1 Å². The third-order valence-corrected chi connectivity index (χ3v) is 4.63. The minimum absolute atomic E-state index is 0. The first-order chi connectivity index (χ1) is 11.6. The maximum atomic E-state index is 5.44. The van der Waals surface area contributed by atoms with Crippen LogP contribution in [0.25, 0.3) is 0 Å². The van der Waals surface area contributed by atoms with E-state index in [1.807, 2.05) is 25.2 Å². The molecule has 1 fully saturated rings. The number of piperidine rings is 1. The number of hydrogen-bond donors (Lipinski definition) is 1. The smallest absolute Gasteiger partial charge is 0.193 e. The van der Waals surface area contributed by atoms with Crippen LogP contribution in [-0.2, 0) is 6.54 Å². The highest BCUT2D eigenvalue weighted by molar-refractivity contribution is 14.0. The van der Waals surface area contributed by atoms with Crippen LogP contribution in [0.1, 0.15) is 25.3 Å². The maximum absolute atomic E-state index is 5.44. The summed E-state index contributed by atoms with van der Waals surface area (Å²) in [5.41, 5.74) is 1.16. The average molecular weight is 460 g/mol. The number of para-hydroxylation sites is 1. The first-order valence-electron chi connectivity index (χ1n) is 8.90. The highest BCUT2D eigenvalue weighted by Crippen LogP contribution is 2.18. The molecule has 1 aromatic rings. The highest BCUT2D eigenvalue weighted by Gasteiger charge is 2.16. The van der Waals surface area contributed by atoms with Crippen molar-refractivity contribution >= 4 is 29.9 Å². The molecule has 1 unspecified atom stereocenters. The summed E-state index contributed by atoms with van der Waals surface area (Å²) in [5, 5.41) is 3.48. The quantitative estimate of drug-likeness (QED) is 0.403. The Labute approximate surface area is 169 Å². The first-order valence-corrected chi connectivity index (χ1v) is 8.90. The molecule has 142 valence electrons. The van der Waals surface area contributed by atoms with E-state index >= 15 is 0 Å². The van der Waals surface area contributed by atoms with Gasteiger partial charge in [0.15, 0.2) is 5.96 Å². The number of benzene rings is 1. The molecule has 1 aliphatic rings. The van der Waals surface area contributed by atoms with Gasteiger partial charge in [-0.05, 0) is 31.4 Å². The van der Waals surface area contributed by atoms with Crippen LogP contribution in [0.5, 0.6) is 5.75 Å². The van der Waals surface area contributed by atoms with E-state index in [1.165, 1.54) is 25.9 Å². The average Bonchev–Trinajstić information content (AvgIpc) is 2.59. The predicted molar refractivity (Wildman–Crippen MR) is 116 cm³/mol. The van der Waals surface area contributed by atoms with Crippen molar-refractivity contribution in [1.82, 2.24) is 15.1 Å². The van der Waals surface area contributed by atoms with Crippen molar-refractivity contribution in [2.45, 2.75) is 26.3 Å². The van der Waals surface area contributed by atoms with Crippen LogP contribution in [0.2, 0.25) is 0 Å².